The van der Waals surface area contributed by atoms with Gasteiger partial charge in [-0.15, -0.1) is 12.4 Å². The number of likely N-dealkylation sites (N-methyl/N-ethyl adjacent to an activating group) is 2. The van der Waals surface area contributed by atoms with E-state index in [0.717, 1.165) is 0 Å². The Labute approximate surface area is 122 Å². The lowest BCUT2D eigenvalue weighted by molar-refractivity contribution is -0.385. The Bertz CT molecular complexity index is 468. The number of nitro benzene ring substituents is 1. The van der Waals surface area contributed by atoms with Crippen molar-refractivity contribution in [2.45, 2.75) is 0 Å². The molecule has 106 valence electrons. The van der Waals surface area contributed by atoms with Gasteiger partial charge in [0.25, 0.3) is 11.6 Å². The lowest BCUT2D eigenvalue weighted by Gasteiger charge is -2.16. The molecule has 0 unspecified atom stereocenters. The molecule has 0 aliphatic carbocycles. The van der Waals surface area contributed by atoms with Crippen LogP contribution in [-0.2, 0) is 0 Å². The van der Waals surface area contributed by atoms with Gasteiger partial charge in [-0.1, -0.05) is 11.6 Å². The highest BCUT2D eigenvalue weighted by atomic mass is 35.5. The van der Waals surface area contributed by atoms with Crippen LogP contribution >= 0.6 is 24.0 Å². The van der Waals surface area contributed by atoms with Crippen LogP contribution < -0.4 is 5.32 Å². The fourth-order valence-electron chi connectivity index (χ4n) is 1.43. The van der Waals surface area contributed by atoms with Gasteiger partial charge in [0, 0.05) is 31.2 Å². The molecule has 0 saturated carbocycles. The molecule has 0 atom stereocenters. The van der Waals surface area contributed by atoms with E-state index in [-0.39, 0.29) is 23.7 Å². The molecule has 0 aliphatic heterocycles. The van der Waals surface area contributed by atoms with Crippen LogP contribution in [0.5, 0.6) is 0 Å². The number of amides is 1. The second-order valence-electron chi connectivity index (χ2n) is 3.75. The van der Waals surface area contributed by atoms with Crippen molar-refractivity contribution in [3.8, 4) is 0 Å². The molecule has 0 aliphatic rings. The summed E-state index contributed by atoms with van der Waals surface area (Å²) in [4.78, 5) is 23.7. The molecule has 0 fully saturated rings. The molecule has 1 aromatic carbocycles. The van der Waals surface area contributed by atoms with Crippen molar-refractivity contribution in [1.29, 1.82) is 0 Å². The number of halogens is 2. The minimum Gasteiger partial charge on any atom is -0.340 e. The molecule has 1 amide bonds. The SMILES string of the molecule is CNCCN(C)C(=O)c1cc(Cl)ccc1[N+](=O)[O-].Cl. The van der Waals surface area contributed by atoms with E-state index in [1.807, 2.05) is 0 Å². The predicted octanol–water partition coefficient (Wildman–Crippen LogP) is 1.96. The van der Waals surface area contributed by atoms with Crippen molar-refractivity contribution in [3.05, 3.63) is 38.9 Å². The third kappa shape index (κ3) is 4.66. The van der Waals surface area contributed by atoms with E-state index in [1.54, 1.807) is 14.1 Å². The van der Waals surface area contributed by atoms with Crippen LogP contribution in [0.4, 0.5) is 5.69 Å². The van der Waals surface area contributed by atoms with E-state index in [2.05, 4.69) is 5.32 Å². The maximum atomic E-state index is 12.1. The first-order valence-corrected chi connectivity index (χ1v) is 5.69. The van der Waals surface area contributed by atoms with Crippen molar-refractivity contribution >= 4 is 35.6 Å². The van der Waals surface area contributed by atoms with Crippen LogP contribution in [0, 0.1) is 10.1 Å². The smallest absolute Gasteiger partial charge is 0.282 e. The first kappa shape index (κ1) is 17.6. The number of rotatable bonds is 5. The van der Waals surface area contributed by atoms with Crippen LogP contribution in [0.3, 0.4) is 0 Å². The van der Waals surface area contributed by atoms with Gasteiger partial charge in [0.15, 0.2) is 0 Å². The number of hydrogen-bond acceptors (Lipinski definition) is 4. The van der Waals surface area contributed by atoms with E-state index >= 15 is 0 Å². The zero-order valence-corrected chi connectivity index (χ0v) is 12.1. The third-order valence-corrected chi connectivity index (χ3v) is 2.66. The van der Waals surface area contributed by atoms with Crippen LogP contribution in [0.25, 0.3) is 0 Å². The molecule has 6 nitrogen and oxygen atoms in total. The van der Waals surface area contributed by atoms with E-state index in [1.165, 1.54) is 23.1 Å². The minimum absolute atomic E-state index is 0. The minimum atomic E-state index is -0.588. The van der Waals surface area contributed by atoms with Gasteiger partial charge in [-0.3, -0.25) is 14.9 Å². The zero-order valence-electron chi connectivity index (χ0n) is 10.6. The normalized spacial score (nSPS) is 9.63. The lowest BCUT2D eigenvalue weighted by atomic mass is 10.1. The highest BCUT2D eigenvalue weighted by Gasteiger charge is 2.22. The Morgan fingerprint density at radius 1 is 1.53 bits per heavy atom. The molecule has 8 heteroatoms. The second kappa shape index (κ2) is 7.93. The average molecular weight is 308 g/mol. The number of carbonyl (C=O) groups excluding carboxylic acids is 1. The van der Waals surface area contributed by atoms with Gasteiger partial charge >= 0.3 is 0 Å². The van der Waals surface area contributed by atoms with Crippen molar-refractivity contribution in [1.82, 2.24) is 10.2 Å². The highest BCUT2D eigenvalue weighted by Crippen LogP contribution is 2.23. The summed E-state index contributed by atoms with van der Waals surface area (Å²) < 4.78 is 0. The van der Waals surface area contributed by atoms with Crippen LogP contribution in [0.1, 0.15) is 10.4 Å². The molecule has 0 bridgehead atoms. The molecule has 1 N–H and O–H groups in total. The molecule has 0 aromatic heterocycles. The number of benzene rings is 1. The summed E-state index contributed by atoms with van der Waals surface area (Å²) in [5.74, 6) is -0.417. The molecule has 19 heavy (non-hydrogen) atoms. The van der Waals surface area contributed by atoms with Gasteiger partial charge in [0.2, 0.25) is 0 Å². The van der Waals surface area contributed by atoms with Crippen LogP contribution in [-0.4, -0.2) is 42.9 Å². The van der Waals surface area contributed by atoms with Crippen LogP contribution in [0.2, 0.25) is 5.02 Å². The van der Waals surface area contributed by atoms with Crippen molar-refractivity contribution in [3.63, 3.8) is 0 Å². The number of nitrogens with one attached hydrogen (secondary N) is 1. The summed E-state index contributed by atoms with van der Waals surface area (Å²) in [5.41, 5.74) is -0.230. The molecule has 0 heterocycles. The third-order valence-electron chi connectivity index (χ3n) is 2.43. The first-order valence-electron chi connectivity index (χ1n) is 5.31. The Kier molecular flexibility index (Phi) is 7.36. The maximum absolute atomic E-state index is 12.1. The molecule has 0 radical (unpaired) electrons. The quantitative estimate of drug-likeness (QED) is 0.666. The number of nitrogens with zero attached hydrogens (tertiary/aromatic N) is 2. The lowest BCUT2D eigenvalue weighted by Crippen LogP contribution is -2.33. The summed E-state index contributed by atoms with van der Waals surface area (Å²) in [6, 6.07) is 3.95. The van der Waals surface area contributed by atoms with E-state index in [4.69, 9.17) is 11.6 Å². The predicted molar refractivity (Wildman–Crippen MR) is 76.2 cm³/mol. The highest BCUT2D eigenvalue weighted by molar-refractivity contribution is 6.31. The molecule has 1 aromatic rings. The van der Waals surface area contributed by atoms with Crippen molar-refractivity contribution in [2.24, 2.45) is 0 Å². The van der Waals surface area contributed by atoms with Gasteiger partial charge < -0.3 is 10.2 Å². The summed E-state index contributed by atoms with van der Waals surface area (Å²) in [6.07, 6.45) is 0. The van der Waals surface area contributed by atoms with Crippen molar-refractivity contribution in [2.75, 3.05) is 27.2 Å². The standard InChI is InChI=1S/C11H14ClN3O3.ClH/c1-13-5-6-14(2)11(16)9-7-8(12)3-4-10(9)15(17)18;/h3-4,7,13H,5-6H2,1-2H3;1H. The largest absolute Gasteiger partial charge is 0.340 e. The van der Waals surface area contributed by atoms with Gasteiger partial charge in [-0.25, -0.2) is 0 Å². The monoisotopic (exact) mass is 307 g/mol. The topological polar surface area (TPSA) is 75.5 Å². The number of nitro groups is 1. The Balaban J connectivity index is 0.00000324. The van der Waals surface area contributed by atoms with Gasteiger partial charge in [0.05, 0.1) is 4.92 Å². The average Bonchev–Trinajstić information content (AvgIpc) is 2.34. The fourth-order valence-corrected chi connectivity index (χ4v) is 1.60. The van der Waals surface area contributed by atoms with Crippen LogP contribution in [0.15, 0.2) is 18.2 Å². The van der Waals surface area contributed by atoms with E-state index < -0.39 is 10.8 Å². The van der Waals surface area contributed by atoms with Gasteiger partial charge in [0.1, 0.15) is 5.56 Å². The van der Waals surface area contributed by atoms with Gasteiger partial charge in [-0.05, 0) is 19.2 Å². The number of carbonyl (C=O) groups is 1. The molecular weight excluding hydrogens is 293 g/mol. The summed E-state index contributed by atoms with van der Waals surface area (Å²) in [5, 5.41) is 14.1. The van der Waals surface area contributed by atoms with E-state index in [9.17, 15) is 14.9 Å². The summed E-state index contributed by atoms with van der Waals surface area (Å²) in [6.45, 7) is 1.07. The fraction of sp³-hybridized carbons (Fsp3) is 0.364. The zero-order chi connectivity index (χ0) is 13.7. The Hall–Kier alpha value is -1.37. The van der Waals surface area contributed by atoms with Gasteiger partial charge in [-0.2, -0.15) is 0 Å². The molecule has 0 spiro atoms. The Morgan fingerprint density at radius 3 is 2.68 bits per heavy atom. The summed E-state index contributed by atoms with van der Waals surface area (Å²) in [7, 11) is 3.35. The second-order valence-corrected chi connectivity index (χ2v) is 4.19. The molecule has 1 rings (SSSR count). The summed E-state index contributed by atoms with van der Waals surface area (Å²) >= 11 is 5.77. The first-order chi connectivity index (χ1) is 8.47. The number of hydrogen-bond donors (Lipinski definition) is 1. The maximum Gasteiger partial charge on any atom is 0.282 e. The Morgan fingerprint density at radius 2 is 2.16 bits per heavy atom. The molecular formula is C11H15Cl2N3O3. The van der Waals surface area contributed by atoms with Crippen molar-refractivity contribution < 1.29 is 9.72 Å². The van der Waals surface area contributed by atoms with E-state index in [0.29, 0.717) is 18.1 Å². The molecule has 0 saturated heterocycles.